The van der Waals surface area contributed by atoms with Crippen molar-refractivity contribution in [1.29, 1.82) is 0 Å². The van der Waals surface area contributed by atoms with Gasteiger partial charge in [0.1, 0.15) is 0 Å². The Morgan fingerprint density at radius 1 is 0.933 bits per heavy atom. The van der Waals surface area contributed by atoms with Crippen molar-refractivity contribution in [2.24, 2.45) is 13.0 Å². The van der Waals surface area contributed by atoms with E-state index in [-0.39, 0.29) is 0 Å². The first-order valence-electron chi connectivity index (χ1n) is 10.4. The summed E-state index contributed by atoms with van der Waals surface area (Å²) in [6.45, 7) is 6.69. The van der Waals surface area contributed by atoms with E-state index in [9.17, 15) is 0 Å². The molecule has 2 aromatic heterocycles. The highest BCUT2D eigenvalue weighted by Crippen LogP contribution is 2.27. The fourth-order valence-electron chi connectivity index (χ4n) is 3.85. The van der Waals surface area contributed by atoms with Gasteiger partial charge >= 0.3 is 0 Å². The minimum Gasteiger partial charge on any atom is -0.353 e. The van der Waals surface area contributed by atoms with Gasteiger partial charge in [0.05, 0.1) is 16.7 Å². The third-order valence-electron chi connectivity index (χ3n) is 5.32. The van der Waals surface area contributed by atoms with Crippen LogP contribution in [0.5, 0.6) is 0 Å². The van der Waals surface area contributed by atoms with E-state index in [1.807, 2.05) is 30.5 Å². The maximum atomic E-state index is 5.99. The second-order valence-corrected chi connectivity index (χ2v) is 8.75. The topological polar surface area (TPSA) is 42.7 Å². The van der Waals surface area contributed by atoms with E-state index in [0.717, 1.165) is 50.8 Å². The van der Waals surface area contributed by atoms with E-state index < -0.39 is 0 Å². The average Bonchev–Trinajstić information content (AvgIpc) is 3.03. The predicted molar refractivity (Wildman–Crippen MR) is 127 cm³/mol. The molecule has 0 aliphatic rings. The molecule has 0 saturated carbocycles. The summed E-state index contributed by atoms with van der Waals surface area (Å²) in [5, 5.41) is 4.28. The van der Waals surface area contributed by atoms with E-state index in [4.69, 9.17) is 16.6 Å². The van der Waals surface area contributed by atoms with Gasteiger partial charge in [-0.2, -0.15) is 0 Å². The zero-order valence-electron chi connectivity index (χ0n) is 17.9. The number of halogens is 1. The van der Waals surface area contributed by atoms with Crippen LogP contribution >= 0.6 is 11.6 Å². The van der Waals surface area contributed by atoms with Crippen LogP contribution in [-0.2, 0) is 7.05 Å². The highest BCUT2D eigenvalue weighted by Gasteiger charge is 2.12. The van der Waals surface area contributed by atoms with Crippen LogP contribution in [0.15, 0.2) is 60.8 Å². The Balaban J connectivity index is 1.59. The number of benzene rings is 2. The lowest BCUT2D eigenvalue weighted by Gasteiger charge is -2.16. The van der Waals surface area contributed by atoms with E-state index in [2.05, 4.69) is 73.0 Å². The molecule has 154 valence electrons. The number of pyridine rings is 1. The number of aryl methyl sites for hydroxylation is 1. The number of nitrogens with zero attached hydrogens (tertiary/aromatic N) is 3. The first kappa shape index (κ1) is 20.4. The molecule has 5 heteroatoms. The van der Waals surface area contributed by atoms with Crippen LogP contribution < -0.4 is 5.32 Å². The summed E-state index contributed by atoms with van der Waals surface area (Å²) in [4.78, 5) is 9.51. The smallest absolute Gasteiger partial charge is 0.203 e. The lowest BCUT2D eigenvalue weighted by Crippen LogP contribution is -2.19. The van der Waals surface area contributed by atoms with E-state index in [1.54, 1.807) is 0 Å². The molecule has 0 spiro atoms. The van der Waals surface area contributed by atoms with Gasteiger partial charge in [0.25, 0.3) is 0 Å². The van der Waals surface area contributed by atoms with E-state index in [0.29, 0.717) is 12.0 Å². The average molecular weight is 419 g/mol. The van der Waals surface area contributed by atoms with Gasteiger partial charge in [-0.1, -0.05) is 49.7 Å². The lowest BCUT2D eigenvalue weighted by atomic mass is 10.1. The number of anilines is 1. The van der Waals surface area contributed by atoms with Gasteiger partial charge in [0.2, 0.25) is 5.95 Å². The van der Waals surface area contributed by atoms with Gasteiger partial charge < -0.3 is 9.88 Å². The summed E-state index contributed by atoms with van der Waals surface area (Å²) in [7, 11) is 2.05. The Kier molecular flexibility index (Phi) is 5.78. The summed E-state index contributed by atoms with van der Waals surface area (Å²) in [6, 6.07) is 18.7. The minimum atomic E-state index is 0.377. The number of fused-ring (bicyclic) bond motifs is 1. The van der Waals surface area contributed by atoms with Gasteiger partial charge in [0.15, 0.2) is 0 Å². The number of imidazole rings is 1. The van der Waals surface area contributed by atoms with Crippen molar-refractivity contribution in [2.75, 3.05) is 5.32 Å². The Morgan fingerprint density at radius 3 is 2.30 bits per heavy atom. The molecule has 4 nitrogen and oxygen atoms in total. The summed E-state index contributed by atoms with van der Waals surface area (Å²) in [5.41, 5.74) is 6.24. The van der Waals surface area contributed by atoms with Crippen molar-refractivity contribution < 1.29 is 0 Å². The van der Waals surface area contributed by atoms with Crippen molar-refractivity contribution in [3.8, 4) is 22.4 Å². The molecule has 0 saturated heterocycles. The quantitative estimate of drug-likeness (QED) is 0.374. The second-order valence-electron chi connectivity index (χ2n) is 8.31. The van der Waals surface area contributed by atoms with Crippen LogP contribution in [0.25, 0.3) is 33.4 Å². The number of aromatic nitrogens is 3. The lowest BCUT2D eigenvalue weighted by molar-refractivity contribution is 0.536. The molecule has 0 aliphatic carbocycles. The third kappa shape index (κ3) is 4.34. The van der Waals surface area contributed by atoms with Crippen LogP contribution in [0.2, 0.25) is 5.02 Å². The van der Waals surface area contributed by atoms with Crippen molar-refractivity contribution in [3.63, 3.8) is 0 Å². The zero-order chi connectivity index (χ0) is 21.3. The highest BCUT2D eigenvalue weighted by atomic mass is 35.5. The molecule has 4 rings (SSSR count). The molecule has 2 aromatic carbocycles. The van der Waals surface area contributed by atoms with Crippen molar-refractivity contribution in [3.05, 3.63) is 65.8 Å². The molecular formula is C25H27ClN4. The Morgan fingerprint density at radius 2 is 1.63 bits per heavy atom. The molecular weight excluding hydrogens is 392 g/mol. The number of rotatable bonds is 6. The molecule has 0 radical (unpaired) electrons. The van der Waals surface area contributed by atoms with Crippen LogP contribution in [0.1, 0.15) is 27.2 Å². The molecule has 30 heavy (non-hydrogen) atoms. The molecule has 2 heterocycles. The molecule has 0 bridgehead atoms. The van der Waals surface area contributed by atoms with Gasteiger partial charge in [-0.25, -0.2) is 4.98 Å². The maximum absolute atomic E-state index is 5.99. The predicted octanol–water partition coefficient (Wildman–Crippen LogP) is 6.80. The molecule has 0 aliphatic heterocycles. The van der Waals surface area contributed by atoms with E-state index in [1.165, 1.54) is 0 Å². The van der Waals surface area contributed by atoms with Crippen molar-refractivity contribution >= 4 is 28.6 Å². The van der Waals surface area contributed by atoms with Gasteiger partial charge in [0, 0.05) is 35.4 Å². The van der Waals surface area contributed by atoms with Crippen LogP contribution in [0.3, 0.4) is 0 Å². The molecule has 0 fully saturated rings. The molecule has 4 aromatic rings. The maximum Gasteiger partial charge on any atom is 0.203 e. The van der Waals surface area contributed by atoms with E-state index >= 15 is 0 Å². The van der Waals surface area contributed by atoms with Gasteiger partial charge in [-0.3, -0.25) is 4.98 Å². The van der Waals surface area contributed by atoms with Crippen molar-refractivity contribution in [2.45, 2.75) is 33.2 Å². The summed E-state index contributed by atoms with van der Waals surface area (Å²) < 4.78 is 2.12. The van der Waals surface area contributed by atoms with Crippen LogP contribution in [0, 0.1) is 5.92 Å². The molecule has 0 amide bonds. The number of hydrogen-bond donors (Lipinski definition) is 1. The van der Waals surface area contributed by atoms with Crippen LogP contribution in [-0.4, -0.2) is 20.6 Å². The van der Waals surface area contributed by atoms with Crippen LogP contribution in [0.4, 0.5) is 5.95 Å². The van der Waals surface area contributed by atoms with Gasteiger partial charge in [-0.05, 0) is 55.2 Å². The largest absolute Gasteiger partial charge is 0.353 e. The first-order valence-corrected chi connectivity index (χ1v) is 10.7. The monoisotopic (exact) mass is 418 g/mol. The number of nitrogens with one attached hydrogen (secondary N) is 1. The summed E-state index contributed by atoms with van der Waals surface area (Å²) in [6.07, 6.45) is 3.01. The normalized spacial score (nSPS) is 12.5. The second kappa shape index (κ2) is 8.49. The Bertz CT molecular complexity index is 1140. The fourth-order valence-corrected chi connectivity index (χ4v) is 3.98. The molecule has 1 N–H and O–H groups in total. The fraction of sp³-hybridized carbons (Fsp3) is 0.280. The first-order chi connectivity index (χ1) is 14.4. The molecule has 1 atom stereocenters. The summed E-state index contributed by atoms with van der Waals surface area (Å²) >= 11 is 5.99. The Labute approximate surface area is 182 Å². The Hall–Kier alpha value is -2.85. The molecule has 1 unspecified atom stereocenters. The third-order valence-corrected chi connectivity index (χ3v) is 5.57. The zero-order valence-corrected chi connectivity index (χ0v) is 18.6. The van der Waals surface area contributed by atoms with Crippen molar-refractivity contribution in [1.82, 2.24) is 14.5 Å². The minimum absolute atomic E-state index is 0.377. The van der Waals surface area contributed by atoms with Gasteiger partial charge in [-0.15, -0.1) is 0 Å². The number of hydrogen-bond acceptors (Lipinski definition) is 3. The SMILES string of the molecule is CC(C)CC(C)Nc1nc2cc(-c3ccc(-c4ccc(Cl)cc4)cn3)ccc2n1C. The standard InChI is InChI=1S/C25H27ClN4/c1-16(2)13-17(3)28-25-29-23-14-19(8-12-24(23)30(25)4)22-11-7-20(15-27-22)18-5-9-21(26)10-6-18/h5-12,14-17H,13H2,1-4H3,(H,28,29). The summed E-state index contributed by atoms with van der Waals surface area (Å²) in [5.74, 6) is 1.55. The highest BCUT2D eigenvalue weighted by molar-refractivity contribution is 6.30.